The first-order chi connectivity index (χ1) is 29.8. The van der Waals surface area contributed by atoms with Gasteiger partial charge in [0.2, 0.25) is 0 Å². The van der Waals surface area contributed by atoms with Crippen LogP contribution in [-0.4, -0.2) is 65.1 Å². The number of rotatable bonds is 46. The number of nitrogens with zero attached hydrogens (tertiary/aromatic N) is 2. The Hall–Kier alpha value is -2.62. The summed E-state index contributed by atoms with van der Waals surface area (Å²) >= 11 is 0. The van der Waals surface area contributed by atoms with Crippen molar-refractivity contribution in [3.8, 4) is 0 Å². The molecule has 0 spiro atoms. The fourth-order valence-corrected chi connectivity index (χ4v) is 8.33. The SMILES string of the molecule is CCCCCCCCC(CC)OC(=O)CCCCCCCN(CCCCCCCC(=O)OC(CCCCCCCC)CCCCCCCC)CCCNc1[nH]ccc1[N+](=O)[O-]. The number of aromatic nitrogens is 1. The van der Waals surface area contributed by atoms with Crippen molar-refractivity contribution in [3.05, 3.63) is 22.4 Å². The molecule has 10 nitrogen and oxygen atoms in total. The number of esters is 2. The van der Waals surface area contributed by atoms with E-state index in [1.54, 1.807) is 6.20 Å². The summed E-state index contributed by atoms with van der Waals surface area (Å²) in [5.74, 6) is 0.433. The molecule has 1 unspecified atom stereocenters. The van der Waals surface area contributed by atoms with Crippen LogP contribution in [0.1, 0.15) is 252 Å². The van der Waals surface area contributed by atoms with Crippen LogP contribution in [0.15, 0.2) is 12.3 Å². The molecule has 0 amide bonds. The molecule has 0 saturated carbocycles. The number of H-pyrrole nitrogens is 1. The number of anilines is 1. The second-order valence-electron chi connectivity index (χ2n) is 18.0. The second-order valence-corrected chi connectivity index (χ2v) is 18.0. The average molecular weight is 861 g/mol. The van der Waals surface area contributed by atoms with Gasteiger partial charge in [-0.15, -0.1) is 0 Å². The standard InChI is InChI=1S/C51H96N4O6/c1-5-9-12-15-20-27-35-46(8-4)60-49(56)38-30-23-18-25-32-43-54(45-34-41-52-51-48(55(58)59)40-42-53-51)44-33-26-19-24-31-39-50(57)61-47(36-28-21-16-13-10-6-2)37-29-22-17-14-11-7-3/h40,42,46-47,52-53H,5-39,41,43-45H2,1-4H3. The van der Waals surface area contributed by atoms with Gasteiger partial charge in [0.1, 0.15) is 12.2 Å². The molecule has 10 heteroatoms. The van der Waals surface area contributed by atoms with Crippen molar-refractivity contribution >= 4 is 23.4 Å². The number of nitro groups is 1. The molecule has 1 aromatic rings. The van der Waals surface area contributed by atoms with E-state index in [1.165, 1.54) is 102 Å². The van der Waals surface area contributed by atoms with Gasteiger partial charge in [-0.1, -0.05) is 163 Å². The van der Waals surface area contributed by atoms with Crippen LogP contribution < -0.4 is 5.32 Å². The first-order valence-electron chi connectivity index (χ1n) is 26.0. The molecule has 0 radical (unpaired) electrons. The number of ether oxygens (including phenoxy) is 2. The molecule has 1 heterocycles. The van der Waals surface area contributed by atoms with Crippen LogP contribution in [0.2, 0.25) is 0 Å². The van der Waals surface area contributed by atoms with Crippen LogP contribution in [0.25, 0.3) is 0 Å². The molecule has 2 N–H and O–H groups in total. The van der Waals surface area contributed by atoms with Crippen LogP contribution in [0.5, 0.6) is 0 Å². The zero-order valence-electron chi connectivity index (χ0n) is 40.2. The number of unbranched alkanes of at least 4 members (excludes halogenated alkanes) is 23. The predicted octanol–water partition coefficient (Wildman–Crippen LogP) is 15.2. The van der Waals surface area contributed by atoms with E-state index < -0.39 is 0 Å². The highest BCUT2D eigenvalue weighted by atomic mass is 16.6. The third-order valence-corrected chi connectivity index (χ3v) is 12.3. The van der Waals surface area contributed by atoms with E-state index in [4.69, 9.17) is 9.47 Å². The third-order valence-electron chi connectivity index (χ3n) is 12.3. The van der Waals surface area contributed by atoms with Gasteiger partial charge in [0, 0.05) is 31.6 Å². The Morgan fingerprint density at radius 2 is 0.967 bits per heavy atom. The lowest BCUT2D eigenvalue weighted by atomic mass is 10.0. The number of hydrogen-bond donors (Lipinski definition) is 2. The van der Waals surface area contributed by atoms with Crippen LogP contribution in [0.4, 0.5) is 11.5 Å². The van der Waals surface area contributed by atoms with E-state index in [9.17, 15) is 19.7 Å². The van der Waals surface area contributed by atoms with Crippen molar-refractivity contribution in [3.63, 3.8) is 0 Å². The zero-order valence-corrected chi connectivity index (χ0v) is 40.2. The number of carbonyl (C=O) groups excluding carboxylic acids is 2. The summed E-state index contributed by atoms with van der Waals surface area (Å²) < 4.78 is 11.9. The smallest absolute Gasteiger partial charge is 0.310 e. The number of hydrogen-bond acceptors (Lipinski definition) is 8. The van der Waals surface area contributed by atoms with Crippen molar-refractivity contribution in [1.29, 1.82) is 0 Å². The van der Waals surface area contributed by atoms with Gasteiger partial charge < -0.3 is 24.7 Å². The van der Waals surface area contributed by atoms with E-state index in [0.29, 0.717) is 25.2 Å². The summed E-state index contributed by atoms with van der Waals surface area (Å²) in [5, 5.41) is 14.5. The molecule has 0 bridgehead atoms. The molecule has 356 valence electrons. The van der Waals surface area contributed by atoms with Gasteiger partial charge in [0.25, 0.3) is 0 Å². The lowest BCUT2D eigenvalue weighted by molar-refractivity contribution is -0.383. The minimum absolute atomic E-state index is 0.00435. The molecule has 0 fully saturated rings. The Balaban J connectivity index is 2.41. The molecule has 0 aliphatic carbocycles. The number of nitrogens with one attached hydrogen (secondary N) is 2. The van der Waals surface area contributed by atoms with Crippen molar-refractivity contribution in [1.82, 2.24) is 9.88 Å². The van der Waals surface area contributed by atoms with E-state index in [-0.39, 0.29) is 34.8 Å². The summed E-state index contributed by atoms with van der Waals surface area (Å²) in [4.78, 5) is 41.8. The minimum atomic E-state index is -0.360. The highest BCUT2D eigenvalue weighted by Gasteiger charge is 2.16. The summed E-state index contributed by atoms with van der Waals surface area (Å²) in [6.45, 7) is 12.5. The van der Waals surface area contributed by atoms with Crippen molar-refractivity contribution in [2.75, 3.05) is 31.5 Å². The second kappa shape index (κ2) is 41.4. The fourth-order valence-electron chi connectivity index (χ4n) is 8.33. The quantitative estimate of drug-likeness (QED) is 0.0287. The molecule has 0 aromatic carbocycles. The van der Waals surface area contributed by atoms with Gasteiger partial charge in [-0.25, -0.2) is 0 Å². The van der Waals surface area contributed by atoms with Crippen LogP contribution in [0.3, 0.4) is 0 Å². The molecule has 0 aliphatic rings. The minimum Gasteiger partial charge on any atom is -0.462 e. The lowest BCUT2D eigenvalue weighted by Gasteiger charge is -2.22. The van der Waals surface area contributed by atoms with Gasteiger partial charge in [-0.05, 0) is 96.7 Å². The predicted molar refractivity (Wildman–Crippen MR) is 256 cm³/mol. The van der Waals surface area contributed by atoms with Crippen molar-refractivity contribution < 1.29 is 24.0 Å². The topological polar surface area (TPSA) is 127 Å². The summed E-state index contributed by atoms with van der Waals surface area (Å²) in [5.41, 5.74) is 0.0814. The maximum Gasteiger partial charge on any atom is 0.310 e. The van der Waals surface area contributed by atoms with Crippen LogP contribution >= 0.6 is 0 Å². The summed E-state index contributed by atoms with van der Waals surface area (Å²) in [6.07, 6.45) is 41.1. The van der Waals surface area contributed by atoms with E-state index in [1.807, 2.05) is 0 Å². The first-order valence-corrected chi connectivity index (χ1v) is 26.0. The summed E-state index contributed by atoms with van der Waals surface area (Å²) in [6, 6.07) is 1.49. The highest BCUT2D eigenvalue weighted by Crippen LogP contribution is 2.22. The van der Waals surface area contributed by atoms with Gasteiger partial charge in [-0.3, -0.25) is 19.7 Å². The molecule has 1 rings (SSSR count). The Labute approximate surface area is 374 Å². The molecule has 0 aliphatic heterocycles. The molecular formula is C51H96N4O6. The normalized spacial score (nSPS) is 12.0. The monoisotopic (exact) mass is 861 g/mol. The van der Waals surface area contributed by atoms with Crippen LogP contribution in [0, 0.1) is 10.1 Å². The summed E-state index contributed by atoms with van der Waals surface area (Å²) in [7, 11) is 0. The lowest BCUT2D eigenvalue weighted by Crippen LogP contribution is -2.28. The zero-order chi connectivity index (χ0) is 44.4. The number of aromatic amines is 1. The van der Waals surface area contributed by atoms with E-state index in [0.717, 1.165) is 135 Å². The van der Waals surface area contributed by atoms with Crippen molar-refractivity contribution in [2.45, 2.75) is 265 Å². The fraction of sp³-hybridized carbons (Fsp3) is 0.882. The Bertz CT molecular complexity index is 1150. The molecule has 61 heavy (non-hydrogen) atoms. The van der Waals surface area contributed by atoms with Gasteiger partial charge in [0.05, 0.1) is 4.92 Å². The first kappa shape index (κ1) is 56.4. The van der Waals surface area contributed by atoms with Crippen LogP contribution in [-0.2, 0) is 19.1 Å². The molecule has 1 atom stereocenters. The molecular weight excluding hydrogens is 765 g/mol. The van der Waals surface area contributed by atoms with Crippen molar-refractivity contribution in [2.24, 2.45) is 0 Å². The molecule has 1 aromatic heterocycles. The maximum absolute atomic E-state index is 12.9. The van der Waals surface area contributed by atoms with E-state index >= 15 is 0 Å². The van der Waals surface area contributed by atoms with Gasteiger partial charge in [-0.2, -0.15) is 0 Å². The largest absolute Gasteiger partial charge is 0.462 e. The Kier molecular flexibility index (Phi) is 38.3. The Morgan fingerprint density at radius 1 is 0.574 bits per heavy atom. The van der Waals surface area contributed by atoms with Gasteiger partial charge in [0.15, 0.2) is 5.82 Å². The number of carbonyl (C=O) groups is 2. The average Bonchev–Trinajstić information content (AvgIpc) is 3.73. The highest BCUT2D eigenvalue weighted by molar-refractivity contribution is 5.69. The Morgan fingerprint density at radius 3 is 1.43 bits per heavy atom. The van der Waals surface area contributed by atoms with E-state index in [2.05, 4.69) is 42.9 Å². The van der Waals surface area contributed by atoms with Gasteiger partial charge >= 0.3 is 17.6 Å². The maximum atomic E-state index is 12.9. The molecule has 0 saturated heterocycles. The third kappa shape index (κ3) is 33.6.